The van der Waals surface area contributed by atoms with Crippen molar-refractivity contribution in [2.45, 2.75) is 70.8 Å². The highest BCUT2D eigenvalue weighted by molar-refractivity contribution is 4.98. The van der Waals surface area contributed by atoms with Crippen LogP contribution >= 0.6 is 0 Å². The Hall–Kier alpha value is -0.0400. The summed E-state index contributed by atoms with van der Waals surface area (Å²) < 4.78 is 0. The van der Waals surface area contributed by atoms with Crippen LogP contribution in [0.1, 0.15) is 65.2 Å². The first-order chi connectivity index (χ1) is 6.52. The zero-order chi connectivity index (χ0) is 10.2. The van der Waals surface area contributed by atoms with Gasteiger partial charge in [0, 0.05) is 5.54 Å². The van der Waals surface area contributed by atoms with E-state index in [1.165, 1.54) is 51.4 Å². The molecule has 2 rings (SSSR count). The zero-order valence-electron chi connectivity index (χ0n) is 9.81. The average molecular weight is 195 g/mol. The minimum absolute atomic E-state index is 0.214. The molecule has 0 bridgehead atoms. The first kappa shape index (κ1) is 10.5. The van der Waals surface area contributed by atoms with Crippen LogP contribution in [0.5, 0.6) is 0 Å². The second kappa shape index (κ2) is 3.52. The van der Waals surface area contributed by atoms with Gasteiger partial charge in [0.1, 0.15) is 0 Å². The van der Waals surface area contributed by atoms with Crippen molar-refractivity contribution in [3.63, 3.8) is 0 Å². The minimum Gasteiger partial charge on any atom is -0.325 e. The molecule has 0 unspecified atom stereocenters. The maximum Gasteiger partial charge on any atom is 0.0183 e. The maximum absolute atomic E-state index is 6.59. The fourth-order valence-corrected chi connectivity index (χ4v) is 3.30. The molecule has 2 fully saturated rings. The third kappa shape index (κ3) is 1.98. The van der Waals surface area contributed by atoms with E-state index in [1.54, 1.807) is 0 Å². The molecule has 2 N–H and O–H groups in total. The van der Waals surface area contributed by atoms with Gasteiger partial charge in [-0.1, -0.05) is 26.7 Å². The lowest BCUT2D eigenvalue weighted by Gasteiger charge is -2.44. The lowest BCUT2D eigenvalue weighted by Crippen LogP contribution is -2.50. The van der Waals surface area contributed by atoms with Gasteiger partial charge in [-0.2, -0.15) is 0 Å². The average Bonchev–Trinajstić information content (AvgIpc) is 2.64. The molecule has 0 spiro atoms. The molecule has 2 aliphatic carbocycles. The van der Waals surface area contributed by atoms with Crippen molar-refractivity contribution >= 4 is 0 Å². The largest absolute Gasteiger partial charge is 0.325 e. The molecule has 0 heterocycles. The van der Waals surface area contributed by atoms with Gasteiger partial charge in [0.25, 0.3) is 0 Å². The third-order valence-corrected chi connectivity index (χ3v) is 4.70. The fraction of sp³-hybridized carbons (Fsp3) is 1.00. The Morgan fingerprint density at radius 3 is 1.93 bits per heavy atom. The molecular formula is C13H25N. The monoisotopic (exact) mass is 195 g/mol. The Bertz CT molecular complexity index is 191. The van der Waals surface area contributed by atoms with Gasteiger partial charge in [-0.25, -0.2) is 0 Å². The van der Waals surface area contributed by atoms with Crippen molar-refractivity contribution in [2.75, 3.05) is 0 Å². The summed E-state index contributed by atoms with van der Waals surface area (Å²) >= 11 is 0. The SMILES string of the molecule is CC1(C)CCC(N)(C2CCCC2)CC1. The molecule has 0 amide bonds. The highest BCUT2D eigenvalue weighted by Crippen LogP contribution is 2.46. The van der Waals surface area contributed by atoms with Crippen molar-refractivity contribution in [1.82, 2.24) is 0 Å². The molecule has 0 radical (unpaired) electrons. The molecule has 1 nitrogen and oxygen atoms in total. The molecule has 14 heavy (non-hydrogen) atoms. The Kier molecular flexibility index (Phi) is 2.63. The van der Waals surface area contributed by atoms with E-state index in [4.69, 9.17) is 5.73 Å². The Morgan fingerprint density at radius 1 is 0.929 bits per heavy atom. The van der Waals surface area contributed by atoms with E-state index in [0.717, 1.165) is 5.92 Å². The number of hydrogen-bond donors (Lipinski definition) is 1. The molecular weight excluding hydrogens is 170 g/mol. The van der Waals surface area contributed by atoms with Crippen molar-refractivity contribution < 1.29 is 0 Å². The van der Waals surface area contributed by atoms with Crippen molar-refractivity contribution in [1.29, 1.82) is 0 Å². The molecule has 0 aromatic heterocycles. The summed E-state index contributed by atoms with van der Waals surface area (Å²) in [5.74, 6) is 0.846. The summed E-state index contributed by atoms with van der Waals surface area (Å²) in [6.07, 6.45) is 10.9. The van der Waals surface area contributed by atoms with Crippen LogP contribution in [0.2, 0.25) is 0 Å². The van der Waals surface area contributed by atoms with Gasteiger partial charge < -0.3 is 5.73 Å². The van der Waals surface area contributed by atoms with Gasteiger partial charge in [0.05, 0.1) is 0 Å². The Morgan fingerprint density at radius 2 is 1.43 bits per heavy atom. The quantitative estimate of drug-likeness (QED) is 0.681. The number of hydrogen-bond acceptors (Lipinski definition) is 1. The van der Waals surface area contributed by atoms with Crippen molar-refractivity contribution in [2.24, 2.45) is 17.1 Å². The summed E-state index contributed by atoms with van der Waals surface area (Å²) in [5, 5.41) is 0. The molecule has 0 aliphatic heterocycles. The van der Waals surface area contributed by atoms with Gasteiger partial charge >= 0.3 is 0 Å². The molecule has 0 aromatic carbocycles. The highest BCUT2D eigenvalue weighted by atomic mass is 14.8. The smallest absolute Gasteiger partial charge is 0.0183 e. The van der Waals surface area contributed by atoms with E-state index in [9.17, 15) is 0 Å². The van der Waals surface area contributed by atoms with E-state index < -0.39 is 0 Å². The molecule has 0 atom stereocenters. The van der Waals surface area contributed by atoms with Crippen LogP contribution in [0, 0.1) is 11.3 Å². The first-order valence-corrected chi connectivity index (χ1v) is 6.31. The molecule has 82 valence electrons. The summed E-state index contributed by atoms with van der Waals surface area (Å²) in [6.45, 7) is 4.78. The first-order valence-electron chi connectivity index (χ1n) is 6.31. The van der Waals surface area contributed by atoms with E-state index in [2.05, 4.69) is 13.8 Å². The predicted octanol–water partition coefficient (Wildman–Crippen LogP) is 3.47. The molecule has 2 aliphatic rings. The van der Waals surface area contributed by atoms with E-state index >= 15 is 0 Å². The summed E-state index contributed by atoms with van der Waals surface area (Å²) in [4.78, 5) is 0. The Labute approximate surface area is 88.4 Å². The zero-order valence-corrected chi connectivity index (χ0v) is 9.81. The molecule has 0 saturated heterocycles. The van der Waals surface area contributed by atoms with Gasteiger partial charge in [-0.3, -0.25) is 0 Å². The van der Waals surface area contributed by atoms with Gasteiger partial charge in [0.15, 0.2) is 0 Å². The van der Waals surface area contributed by atoms with Crippen LogP contribution in [-0.2, 0) is 0 Å². The number of rotatable bonds is 1. The normalized spacial score (nSPS) is 31.9. The van der Waals surface area contributed by atoms with Crippen LogP contribution in [-0.4, -0.2) is 5.54 Å². The van der Waals surface area contributed by atoms with Crippen LogP contribution in [0.15, 0.2) is 0 Å². The topological polar surface area (TPSA) is 26.0 Å². The van der Waals surface area contributed by atoms with Crippen molar-refractivity contribution in [3.8, 4) is 0 Å². The maximum atomic E-state index is 6.59. The predicted molar refractivity (Wildman–Crippen MR) is 61.1 cm³/mol. The van der Waals surface area contributed by atoms with Gasteiger partial charge in [-0.15, -0.1) is 0 Å². The van der Waals surface area contributed by atoms with E-state index in [1.807, 2.05) is 0 Å². The van der Waals surface area contributed by atoms with E-state index in [0.29, 0.717) is 5.41 Å². The van der Waals surface area contributed by atoms with E-state index in [-0.39, 0.29) is 5.54 Å². The van der Waals surface area contributed by atoms with Crippen molar-refractivity contribution in [3.05, 3.63) is 0 Å². The van der Waals surface area contributed by atoms with Crippen LogP contribution < -0.4 is 5.73 Å². The molecule has 2 saturated carbocycles. The molecule has 0 aromatic rings. The Balaban J connectivity index is 1.97. The van der Waals surface area contributed by atoms with Crippen LogP contribution in [0.25, 0.3) is 0 Å². The summed E-state index contributed by atoms with van der Waals surface area (Å²) in [6, 6.07) is 0. The minimum atomic E-state index is 0.214. The lowest BCUT2D eigenvalue weighted by atomic mass is 9.65. The highest BCUT2D eigenvalue weighted by Gasteiger charge is 2.41. The number of nitrogens with two attached hydrogens (primary N) is 1. The second-order valence-electron chi connectivity index (χ2n) is 6.38. The third-order valence-electron chi connectivity index (χ3n) is 4.70. The second-order valence-corrected chi connectivity index (χ2v) is 6.38. The van der Waals surface area contributed by atoms with Gasteiger partial charge in [-0.05, 0) is 49.9 Å². The van der Waals surface area contributed by atoms with Crippen LogP contribution in [0.3, 0.4) is 0 Å². The fourth-order valence-electron chi connectivity index (χ4n) is 3.30. The summed E-state index contributed by atoms with van der Waals surface area (Å²) in [7, 11) is 0. The lowest BCUT2D eigenvalue weighted by molar-refractivity contribution is 0.119. The standard InChI is InChI=1S/C13H25N/c1-12(2)7-9-13(14,10-8-12)11-5-3-4-6-11/h11H,3-10,14H2,1-2H3. The molecule has 1 heteroatoms. The summed E-state index contributed by atoms with van der Waals surface area (Å²) in [5.41, 5.74) is 7.36. The van der Waals surface area contributed by atoms with Crippen LogP contribution in [0.4, 0.5) is 0 Å². The van der Waals surface area contributed by atoms with Gasteiger partial charge in [0.2, 0.25) is 0 Å².